The van der Waals surface area contributed by atoms with Gasteiger partial charge in [-0.05, 0) is 0 Å². The van der Waals surface area contributed by atoms with Crippen LogP contribution in [0.3, 0.4) is 0 Å². The average Bonchev–Trinajstić information content (AvgIpc) is 1.61. The third-order valence-electron chi connectivity index (χ3n) is 0.266. The zero-order valence-corrected chi connectivity index (χ0v) is 4.14. The lowest BCUT2D eigenvalue weighted by Gasteiger charge is -1.72. The van der Waals surface area contributed by atoms with Crippen molar-refractivity contribution < 1.29 is 14.1 Å². The molecular weight excluding hydrogens is 116 g/mol. The van der Waals surface area contributed by atoms with Gasteiger partial charge in [0.05, 0.1) is 11.3 Å². The Hall–Kier alpha value is -0.640. The van der Waals surface area contributed by atoms with Crippen molar-refractivity contribution in [2.75, 3.05) is 0 Å². The first-order chi connectivity index (χ1) is 3.27. The zero-order chi connectivity index (χ0) is 5.70. The Kier molecular flexibility index (Phi) is 3.22. The van der Waals surface area contributed by atoms with E-state index in [1.54, 1.807) is 0 Å². The van der Waals surface area contributed by atoms with Gasteiger partial charge in [-0.2, -0.15) is 0 Å². The van der Waals surface area contributed by atoms with Crippen LogP contribution in [0.2, 0.25) is 0 Å². The number of hydrogen-bond donors (Lipinski definition) is 1. The maximum absolute atomic E-state index is 9.52. The van der Waals surface area contributed by atoms with Crippen molar-refractivity contribution in [1.82, 2.24) is 0 Å². The first kappa shape index (κ1) is 6.36. The molecule has 0 spiro atoms. The summed E-state index contributed by atoms with van der Waals surface area (Å²) in [6.07, 6.45) is 0.789. The molecule has 3 nitrogen and oxygen atoms in total. The van der Waals surface area contributed by atoms with Crippen molar-refractivity contribution in [2.45, 2.75) is 0 Å². The summed E-state index contributed by atoms with van der Waals surface area (Å²) in [7, 11) is 0. The molecule has 0 aliphatic carbocycles. The molecule has 0 amide bonds. The number of carboxylic acid groups (broad SMARTS) is 1. The van der Waals surface area contributed by atoms with E-state index in [4.69, 9.17) is 5.11 Å². The van der Waals surface area contributed by atoms with Gasteiger partial charge in [0.25, 0.3) is 0 Å². The SMILES string of the molecule is O=S=C[CH]C(=O)O. The number of rotatable bonds is 2. The molecular formula is C3H3O3S. The molecule has 7 heavy (non-hydrogen) atoms. The highest BCUT2D eigenvalue weighted by atomic mass is 32.1. The summed E-state index contributed by atoms with van der Waals surface area (Å²) in [5, 5.41) is 8.77. The Morgan fingerprint density at radius 3 is 2.43 bits per heavy atom. The minimum atomic E-state index is -1.09. The van der Waals surface area contributed by atoms with Gasteiger partial charge in [-0.25, -0.2) is 4.21 Å². The number of carboxylic acids is 1. The fraction of sp³-hybridized carbons (Fsp3) is 0. The predicted octanol–water partition coefficient (Wildman–Crippen LogP) is -0.710. The van der Waals surface area contributed by atoms with E-state index in [1.807, 2.05) is 0 Å². The summed E-state index contributed by atoms with van der Waals surface area (Å²) < 4.78 is 9.40. The molecule has 0 saturated carbocycles. The molecule has 0 fully saturated rings. The molecule has 0 atom stereocenters. The molecule has 39 valence electrons. The lowest BCUT2D eigenvalue weighted by molar-refractivity contribution is -0.132. The lowest BCUT2D eigenvalue weighted by atomic mass is 10.5. The second-order valence-corrected chi connectivity index (χ2v) is 1.20. The number of carbonyl (C=O) groups is 1. The van der Waals surface area contributed by atoms with E-state index in [-0.39, 0.29) is 11.3 Å². The summed E-state index contributed by atoms with van der Waals surface area (Å²) in [5.41, 5.74) is 0. The average molecular weight is 119 g/mol. The van der Waals surface area contributed by atoms with Gasteiger partial charge in [0, 0.05) is 5.37 Å². The van der Waals surface area contributed by atoms with Gasteiger partial charge in [0.2, 0.25) is 0 Å². The van der Waals surface area contributed by atoms with E-state index in [0.29, 0.717) is 0 Å². The van der Waals surface area contributed by atoms with Gasteiger partial charge in [-0.15, -0.1) is 0 Å². The van der Waals surface area contributed by atoms with Gasteiger partial charge in [-0.3, -0.25) is 4.79 Å². The third-order valence-corrected chi connectivity index (χ3v) is 0.513. The van der Waals surface area contributed by atoms with Crippen molar-refractivity contribution in [3.05, 3.63) is 6.42 Å². The van der Waals surface area contributed by atoms with Crippen LogP contribution in [-0.2, 0) is 16.1 Å². The summed E-state index contributed by atoms with van der Waals surface area (Å²) in [4.78, 5) is 9.52. The molecule has 1 radical (unpaired) electrons. The van der Waals surface area contributed by atoms with Crippen LogP contribution in [0.1, 0.15) is 0 Å². The van der Waals surface area contributed by atoms with Crippen molar-refractivity contribution in [1.29, 1.82) is 0 Å². The van der Waals surface area contributed by atoms with Crippen LogP contribution in [0, 0.1) is 6.42 Å². The standard InChI is InChI=1S/C3H3O3S/c4-3(5)1-2-7-6/h1-2H,(H,4,5). The Bertz CT molecular complexity index is 113. The third kappa shape index (κ3) is 5.36. The molecule has 0 aromatic carbocycles. The van der Waals surface area contributed by atoms with Crippen molar-refractivity contribution >= 4 is 22.6 Å². The molecule has 0 unspecified atom stereocenters. The monoisotopic (exact) mass is 119 g/mol. The Balaban J connectivity index is 3.32. The van der Waals surface area contributed by atoms with Crippen LogP contribution in [0.25, 0.3) is 0 Å². The maximum Gasteiger partial charge on any atom is 0.312 e. The summed E-state index contributed by atoms with van der Waals surface area (Å²) in [5.74, 6) is -1.09. The molecule has 0 aromatic rings. The fourth-order valence-corrected chi connectivity index (χ4v) is 0.258. The highest BCUT2D eigenvalue weighted by molar-refractivity contribution is 7.65. The van der Waals surface area contributed by atoms with E-state index in [2.05, 4.69) is 0 Å². The Labute approximate surface area is 44.0 Å². The first-order valence-electron chi connectivity index (χ1n) is 1.45. The van der Waals surface area contributed by atoms with E-state index in [0.717, 1.165) is 11.8 Å². The topological polar surface area (TPSA) is 54.4 Å². The normalized spacial score (nSPS) is 7.43. The van der Waals surface area contributed by atoms with Crippen LogP contribution in [-0.4, -0.2) is 20.7 Å². The molecule has 0 rings (SSSR count). The minimum absolute atomic E-state index is 0.119. The van der Waals surface area contributed by atoms with Crippen LogP contribution in [0.15, 0.2) is 0 Å². The Morgan fingerprint density at radius 2 is 2.29 bits per heavy atom. The van der Waals surface area contributed by atoms with Gasteiger partial charge in [-0.1, -0.05) is 0 Å². The predicted molar refractivity (Wildman–Crippen MR) is 26.1 cm³/mol. The highest BCUT2D eigenvalue weighted by Crippen LogP contribution is 1.63. The quantitative estimate of drug-likeness (QED) is 0.488. The van der Waals surface area contributed by atoms with Gasteiger partial charge >= 0.3 is 5.97 Å². The van der Waals surface area contributed by atoms with Crippen molar-refractivity contribution in [3.63, 3.8) is 0 Å². The smallest absolute Gasteiger partial charge is 0.312 e. The fourth-order valence-electron chi connectivity index (χ4n) is 0.0860. The summed E-state index contributed by atoms with van der Waals surface area (Å²) in [6.45, 7) is 0. The maximum atomic E-state index is 9.52. The molecule has 0 heterocycles. The van der Waals surface area contributed by atoms with Crippen LogP contribution < -0.4 is 0 Å². The molecule has 0 bridgehead atoms. The second kappa shape index (κ2) is 3.55. The minimum Gasteiger partial charge on any atom is -0.481 e. The first-order valence-corrected chi connectivity index (χ1v) is 2.26. The van der Waals surface area contributed by atoms with E-state index < -0.39 is 5.97 Å². The summed E-state index contributed by atoms with van der Waals surface area (Å²) >= 11 is 0.119. The molecule has 0 aliphatic rings. The molecule has 4 heteroatoms. The highest BCUT2D eigenvalue weighted by Gasteiger charge is 1.87. The number of hydrogen-bond acceptors (Lipinski definition) is 2. The number of aliphatic carboxylic acids is 1. The zero-order valence-electron chi connectivity index (χ0n) is 3.33. The lowest BCUT2D eigenvalue weighted by Crippen LogP contribution is -1.94. The second-order valence-electron chi connectivity index (χ2n) is 0.737. The van der Waals surface area contributed by atoms with Gasteiger partial charge in [0.1, 0.15) is 6.42 Å². The van der Waals surface area contributed by atoms with Crippen LogP contribution >= 0.6 is 0 Å². The van der Waals surface area contributed by atoms with E-state index >= 15 is 0 Å². The molecule has 0 saturated heterocycles. The van der Waals surface area contributed by atoms with Crippen molar-refractivity contribution in [2.24, 2.45) is 0 Å². The molecule has 1 N–H and O–H groups in total. The molecule has 0 aliphatic heterocycles. The van der Waals surface area contributed by atoms with Crippen LogP contribution in [0.4, 0.5) is 0 Å². The van der Waals surface area contributed by atoms with Gasteiger partial charge < -0.3 is 5.11 Å². The molecule has 0 aromatic heterocycles. The van der Waals surface area contributed by atoms with Crippen LogP contribution in [0.5, 0.6) is 0 Å². The Morgan fingerprint density at radius 1 is 1.71 bits per heavy atom. The largest absolute Gasteiger partial charge is 0.481 e. The van der Waals surface area contributed by atoms with Crippen molar-refractivity contribution in [3.8, 4) is 0 Å². The van der Waals surface area contributed by atoms with E-state index in [9.17, 15) is 9.00 Å². The van der Waals surface area contributed by atoms with E-state index in [1.165, 1.54) is 0 Å². The summed E-state index contributed by atoms with van der Waals surface area (Å²) in [6, 6.07) is 0. The van der Waals surface area contributed by atoms with Gasteiger partial charge in [0.15, 0.2) is 0 Å².